The maximum absolute atomic E-state index is 12.7. The quantitative estimate of drug-likeness (QED) is 0.382. The largest absolute Gasteiger partial charge is 0.468 e. The molecule has 170 valence electrons. The molecule has 0 fully saturated rings. The monoisotopic (exact) mass is 474 g/mol. The molecule has 1 unspecified atom stereocenters. The number of thioether (sulfide) groups is 1. The fraction of sp³-hybridized carbons (Fsp3) is 0.318. The number of nitrogens with zero attached hydrogens (tertiary/aromatic N) is 4. The van der Waals surface area contributed by atoms with Crippen LogP contribution in [0.3, 0.4) is 0 Å². The Morgan fingerprint density at radius 3 is 2.31 bits per heavy atom. The molecule has 3 rings (SSSR count). The average Bonchev–Trinajstić information content (AvgIpc) is 3.16. The van der Waals surface area contributed by atoms with Crippen molar-refractivity contribution in [3.63, 3.8) is 0 Å². The SMILES string of the molecule is COC(=O)C(C)Sc1nnc(-c2cccc(S(=O)(=O)N(C)C)c2)n1-c1c(C)cccc1C. The van der Waals surface area contributed by atoms with E-state index in [9.17, 15) is 13.2 Å². The lowest BCUT2D eigenvalue weighted by atomic mass is 10.1. The number of aromatic nitrogens is 3. The standard InChI is InChI=1S/C22H26N4O4S2/c1-14-9-7-10-15(2)19(14)26-20(23-24-22(26)31-16(3)21(27)30-6)17-11-8-12-18(13-17)32(28,29)25(4)5/h7-13,16H,1-6H3. The highest BCUT2D eigenvalue weighted by atomic mass is 32.2. The molecule has 0 N–H and O–H groups in total. The Hall–Kier alpha value is -2.69. The molecule has 0 saturated heterocycles. The zero-order valence-corrected chi connectivity index (χ0v) is 20.5. The van der Waals surface area contributed by atoms with E-state index in [1.165, 1.54) is 37.3 Å². The molecule has 1 heterocycles. The minimum absolute atomic E-state index is 0.160. The van der Waals surface area contributed by atoms with Crippen LogP contribution < -0.4 is 0 Å². The van der Waals surface area contributed by atoms with Gasteiger partial charge < -0.3 is 4.74 Å². The first-order chi connectivity index (χ1) is 15.1. The van der Waals surface area contributed by atoms with E-state index in [0.29, 0.717) is 16.5 Å². The van der Waals surface area contributed by atoms with Crippen LogP contribution in [0.15, 0.2) is 52.5 Å². The lowest BCUT2D eigenvalue weighted by Gasteiger charge is -2.17. The summed E-state index contributed by atoms with van der Waals surface area (Å²) < 4.78 is 33.2. The van der Waals surface area contributed by atoms with Gasteiger partial charge in [0.15, 0.2) is 11.0 Å². The molecule has 1 atom stereocenters. The molecule has 0 spiro atoms. The average molecular weight is 475 g/mol. The van der Waals surface area contributed by atoms with Crippen molar-refractivity contribution >= 4 is 27.8 Å². The summed E-state index contributed by atoms with van der Waals surface area (Å²) in [5, 5.41) is 8.74. The number of para-hydroxylation sites is 1. The summed E-state index contributed by atoms with van der Waals surface area (Å²) in [6.07, 6.45) is 0. The third-order valence-electron chi connectivity index (χ3n) is 4.98. The van der Waals surface area contributed by atoms with Crippen LogP contribution in [-0.4, -0.2) is 59.9 Å². The Morgan fingerprint density at radius 2 is 1.72 bits per heavy atom. The van der Waals surface area contributed by atoms with Gasteiger partial charge in [-0.3, -0.25) is 9.36 Å². The number of methoxy groups -OCH3 is 1. The van der Waals surface area contributed by atoms with Gasteiger partial charge in [0, 0.05) is 19.7 Å². The molecule has 0 bridgehead atoms. The van der Waals surface area contributed by atoms with Gasteiger partial charge in [-0.25, -0.2) is 12.7 Å². The minimum atomic E-state index is -3.62. The summed E-state index contributed by atoms with van der Waals surface area (Å²) >= 11 is 1.23. The van der Waals surface area contributed by atoms with E-state index in [-0.39, 0.29) is 10.9 Å². The highest BCUT2D eigenvalue weighted by molar-refractivity contribution is 8.00. The van der Waals surface area contributed by atoms with Gasteiger partial charge in [-0.05, 0) is 44.0 Å². The smallest absolute Gasteiger partial charge is 0.318 e. The first-order valence-corrected chi connectivity index (χ1v) is 12.2. The second kappa shape index (κ2) is 9.43. The summed E-state index contributed by atoms with van der Waals surface area (Å²) in [5.41, 5.74) is 3.47. The number of carbonyl (C=O) groups excluding carboxylic acids is 1. The van der Waals surface area contributed by atoms with Crippen LogP contribution >= 0.6 is 11.8 Å². The number of esters is 1. The number of carbonyl (C=O) groups is 1. The number of hydrogen-bond donors (Lipinski definition) is 0. The third kappa shape index (κ3) is 4.57. The van der Waals surface area contributed by atoms with E-state index in [4.69, 9.17) is 4.74 Å². The molecule has 1 aromatic heterocycles. The predicted molar refractivity (Wildman–Crippen MR) is 124 cm³/mol. The number of ether oxygens (including phenoxy) is 1. The van der Waals surface area contributed by atoms with Gasteiger partial charge in [-0.15, -0.1) is 10.2 Å². The zero-order valence-electron chi connectivity index (χ0n) is 18.9. The van der Waals surface area contributed by atoms with Crippen molar-refractivity contribution in [3.05, 3.63) is 53.6 Å². The van der Waals surface area contributed by atoms with Crippen LogP contribution in [0.25, 0.3) is 17.1 Å². The molecule has 0 saturated carbocycles. The van der Waals surface area contributed by atoms with Gasteiger partial charge in [0.1, 0.15) is 5.25 Å². The van der Waals surface area contributed by atoms with Crippen molar-refractivity contribution in [2.45, 2.75) is 36.1 Å². The van der Waals surface area contributed by atoms with E-state index in [1.54, 1.807) is 31.2 Å². The maximum atomic E-state index is 12.7. The first-order valence-electron chi connectivity index (χ1n) is 9.87. The Balaban J connectivity index is 2.23. The van der Waals surface area contributed by atoms with E-state index >= 15 is 0 Å². The fourth-order valence-electron chi connectivity index (χ4n) is 3.27. The topological polar surface area (TPSA) is 94.4 Å². The Bertz CT molecular complexity index is 1230. The molecule has 10 heteroatoms. The van der Waals surface area contributed by atoms with Crippen LogP contribution in [-0.2, 0) is 19.6 Å². The molecule has 0 amide bonds. The van der Waals surface area contributed by atoms with Gasteiger partial charge in [0.2, 0.25) is 10.0 Å². The van der Waals surface area contributed by atoms with Crippen LogP contribution in [0.1, 0.15) is 18.1 Å². The van der Waals surface area contributed by atoms with Crippen LogP contribution in [0.4, 0.5) is 0 Å². The first kappa shape index (κ1) is 24.0. The molecule has 2 aromatic carbocycles. The van der Waals surface area contributed by atoms with Crippen molar-refractivity contribution in [1.82, 2.24) is 19.1 Å². The second-order valence-electron chi connectivity index (χ2n) is 7.48. The van der Waals surface area contributed by atoms with Gasteiger partial charge in [0.25, 0.3) is 0 Å². The van der Waals surface area contributed by atoms with E-state index in [2.05, 4.69) is 10.2 Å². The van der Waals surface area contributed by atoms with Crippen molar-refractivity contribution in [3.8, 4) is 17.1 Å². The van der Waals surface area contributed by atoms with E-state index < -0.39 is 15.3 Å². The number of aryl methyl sites for hydroxylation is 2. The third-order valence-corrected chi connectivity index (χ3v) is 7.81. The van der Waals surface area contributed by atoms with E-state index in [1.807, 2.05) is 36.6 Å². The molecule has 8 nitrogen and oxygen atoms in total. The zero-order chi connectivity index (χ0) is 23.6. The fourth-order valence-corrected chi connectivity index (χ4v) is 5.10. The summed E-state index contributed by atoms with van der Waals surface area (Å²) in [6.45, 7) is 5.71. The predicted octanol–water partition coefficient (Wildman–Crippen LogP) is 3.46. The Labute approximate surface area is 192 Å². The second-order valence-corrected chi connectivity index (χ2v) is 10.9. The van der Waals surface area contributed by atoms with Crippen molar-refractivity contribution in [2.75, 3.05) is 21.2 Å². The molecule has 32 heavy (non-hydrogen) atoms. The molecule has 0 aliphatic rings. The normalized spacial score (nSPS) is 12.7. The van der Waals surface area contributed by atoms with Crippen molar-refractivity contribution < 1.29 is 17.9 Å². The summed E-state index contributed by atoms with van der Waals surface area (Å²) in [4.78, 5) is 12.2. The Kier molecular flexibility index (Phi) is 7.06. The van der Waals surface area contributed by atoms with Gasteiger partial charge in [-0.2, -0.15) is 0 Å². The molecule has 3 aromatic rings. The molecule has 0 aliphatic heterocycles. The molecular formula is C22H26N4O4S2. The van der Waals surface area contributed by atoms with Crippen molar-refractivity contribution in [1.29, 1.82) is 0 Å². The maximum Gasteiger partial charge on any atom is 0.318 e. The van der Waals surface area contributed by atoms with Gasteiger partial charge in [0.05, 0.1) is 17.7 Å². The highest BCUT2D eigenvalue weighted by Gasteiger charge is 2.25. The van der Waals surface area contributed by atoms with Crippen LogP contribution in [0, 0.1) is 13.8 Å². The van der Waals surface area contributed by atoms with Gasteiger partial charge in [-0.1, -0.05) is 42.1 Å². The summed E-state index contributed by atoms with van der Waals surface area (Å²) in [5.74, 6) is 0.115. The van der Waals surface area contributed by atoms with Crippen molar-refractivity contribution in [2.24, 2.45) is 0 Å². The number of rotatable bonds is 7. The van der Waals surface area contributed by atoms with Gasteiger partial charge >= 0.3 is 5.97 Å². The summed E-state index contributed by atoms with van der Waals surface area (Å²) in [6, 6.07) is 12.5. The molecular weight excluding hydrogens is 448 g/mol. The van der Waals surface area contributed by atoms with E-state index in [0.717, 1.165) is 16.8 Å². The lowest BCUT2D eigenvalue weighted by Crippen LogP contribution is -2.22. The number of benzene rings is 2. The molecule has 0 aliphatic carbocycles. The minimum Gasteiger partial charge on any atom is -0.468 e. The number of sulfonamides is 1. The summed E-state index contributed by atoms with van der Waals surface area (Å²) in [7, 11) is 0.707. The molecule has 0 radical (unpaired) electrons. The van der Waals surface area contributed by atoms with Crippen LogP contribution in [0.2, 0.25) is 0 Å². The van der Waals surface area contributed by atoms with Crippen LogP contribution in [0.5, 0.6) is 0 Å². The highest BCUT2D eigenvalue weighted by Crippen LogP contribution is 2.33. The Morgan fingerprint density at radius 1 is 1.09 bits per heavy atom. The number of hydrogen-bond acceptors (Lipinski definition) is 7. The lowest BCUT2D eigenvalue weighted by molar-refractivity contribution is -0.139.